The summed E-state index contributed by atoms with van der Waals surface area (Å²) in [6.45, 7) is 1.90. The van der Waals surface area contributed by atoms with Crippen molar-refractivity contribution < 1.29 is 21.6 Å². The van der Waals surface area contributed by atoms with E-state index in [4.69, 9.17) is 0 Å². The van der Waals surface area contributed by atoms with Crippen LogP contribution in [-0.4, -0.2) is 27.6 Å². The number of sulfonamides is 2. The van der Waals surface area contributed by atoms with E-state index >= 15 is 0 Å². The van der Waals surface area contributed by atoms with Crippen molar-refractivity contribution in [1.82, 2.24) is 4.98 Å². The molecule has 29 heavy (non-hydrogen) atoms. The van der Waals surface area contributed by atoms with Gasteiger partial charge in [-0.1, -0.05) is 18.2 Å². The van der Waals surface area contributed by atoms with Gasteiger partial charge in [0.05, 0.1) is 12.1 Å². The SMILES string of the molecule is Cc1ccc(CC(=O)c2ccc(N3S(=O)(=O)c4ccccc4S3(=O)=O)cc2)nc1. The number of carbonyl (C=O) groups excluding carboxylic acids is 1. The van der Waals surface area contributed by atoms with Crippen LogP contribution in [0.25, 0.3) is 0 Å². The lowest BCUT2D eigenvalue weighted by Gasteiger charge is -2.16. The van der Waals surface area contributed by atoms with Crippen LogP contribution in [-0.2, 0) is 26.5 Å². The van der Waals surface area contributed by atoms with Crippen LogP contribution >= 0.6 is 0 Å². The molecular weight excluding hydrogens is 412 g/mol. The van der Waals surface area contributed by atoms with Crippen molar-refractivity contribution in [2.75, 3.05) is 3.71 Å². The zero-order valence-electron chi connectivity index (χ0n) is 15.3. The molecule has 0 N–H and O–H groups in total. The molecule has 0 amide bonds. The lowest BCUT2D eigenvalue weighted by Crippen LogP contribution is -2.30. The van der Waals surface area contributed by atoms with Gasteiger partial charge in [-0.15, -0.1) is 0 Å². The molecule has 1 aliphatic heterocycles. The Morgan fingerprint density at radius 2 is 1.45 bits per heavy atom. The van der Waals surface area contributed by atoms with E-state index < -0.39 is 20.0 Å². The van der Waals surface area contributed by atoms with Crippen LogP contribution in [0.1, 0.15) is 21.6 Å². The number of aromatic nitrogens is 1. The molecule has 2 aromatic carbocycles. The molecule has 4 rings (SSSR count). The second-order valence-electron chi connectivity index (χ2n) is 6.63. The van der Waals surface area contributed by atoms with Gasteiger partial charge in [-0.3, -0.25) is 9.78 Å². The number of aryl methyl sites for hydroxylation is 1. The van der Waals surface area contributed by atoms with Crippen LogP contribution in [0.4, 0.5) is 5.69 Å². The summed E-state index contributed by atoms with van der Waals surface area (Å²) in [5.41, 5.74) is 1.89. The van der Waals surface area contributed by atoms with Gasteiger partial charge in [0, 0.05) is 17.5 Å². The summed E-state index contributed by atoms with van der Waals surface area (Å²) in [5.74, 6) is -0.205. The summed E-state index contributed by atoms with van der Waals surface area (Å²) in [5, 5.41) is 0. The van der Waals surface area contributed by atoms with Crippen molar-refractivity contribution in [3.05, 3.63) is 83.7 Å². The average Bonchev–Trinajstić information content (AvgIpc) is 2.86. The van der Waals surface area contributed by atoms with Crippen LogP contribution in [0.3, 0.4) is 0 Å². The highest BCUT2D eigenvalue weighted by Gasteiger charge is 2.47. The van der Waals surface area contributed by atoms with Crippen LogP contribution < -0.4 is 3.71 Å². The molecule has 9 heteroatoms. The molecule has 3 aromatic rings. The summed E-state index contributed by atoms with van der Waals surface area (Å²) in [6, 6.07) is 14.5. The van der Waals surface area contributed by atoms with Crippen molar-refractivity contribution in [3.63, 3.8) is 0 Å². The van der Waals surface area contributed by atoms with Crippen molar-refractivity contribution in [2.45, 2.75) is 23.1 Å². The summed E-state index contributed by atoms with van der Waals surface area (Å²) in [7, 11) is -8.48. The summed E-state index contributed by atoms with van der Waals surface area (Å²) in [4.78, 5) is 16.2. The van der Waals surface area contributed by atoms with E-state index in [1.54, 1.807) is 12.3 Å². The zero-order chi connectivity index (χ0) is 20.8. The minimum Gasteiger partial charge on any atom is -0.294 e. The Kier molecular flexibility index (Phi) is 4.51. The molecule has 0 aliphatic carbocycles. The molecule has 7 nitrogen and oxygen atoms in total. The van der Waals surface area contributed by atoms with Crippen LogP contribution in [0.15, 0.2) is 76.7 Å². The van der Waals surface area contributed by atoms with Gasteiger partial charge in [0.15, 0.2) is 5.78 Å². The fourth-order valence-corrected chi connectivity index (χ4v) is 7.55. The number of fused-ring (bicyclic) bond motifs is 1. The molecule has 0 radical (unpaired) electrons. The first-order valence-corrected chi connectivity index (χ1v) is 11.5. The van der Waals surface area contributed by atoms with Crippen LogP contribution in [0.5, 0.6) is 0 Å². The van der Waals surface area contributed by atoms with Crippen LogP contribution in [0.2, 0.25) is 0 Å². The number of nitrogens with zero attached hydrogens (tertiary/aromatic N) is 2. The predicted octanol–water partition coefficient (Wildman–Crippen LogP) is 2.71. The quantitative estimate of drug-likeness (QED) is 0.592. The van der Waals surface area contributed by atoms with Gasteiger partial charge < -0.3 is 0 Å². The molecule has 0 saturated heterocycles. The first-order chi connectivity index (χ1) is 13.7. The molecule has 148 valence electrons. The van der Waals surface area contributed by atoms with E-state index in [1.807, 2.05) is 13.0 Å². The Morgan fingerprint density at radius 3 is 1.97 bits per heavy atom. The highest BCUT2D eigenvalue weighted by molar-refractivity contribution is 8.12. The highest BCUT2D eigenvalue weighted by Crippen LogP contribution is 2.39. The van der Waals surface area contributed by atoms with Crippen molar-refractivity contribution in [3.8, 4) is 0 Å². The average molecular weight is 428 g/mol. The Hall–Kier alpha value is -3.04. The van der Waals surface area contributed by atoms with Crippen LogP contribution in [0, 0.1) is 6.92 Å². The summed E-state index contributed by atoms with van der Waals surface area (Å²) in [6.07, 6.45) is 1.76. The highest BCUT2D eigenvalue weighted by atomic mass is 32.3. The Bertz CT molecular complexity index is 1260. The molecule has 0 bridgehead atoms. The van der Waals surface area contributed by atoms with E-state index in [2.05, 4.69) is 4.98 Å². The second kappa shape index (κ2) is 6.78. The van der Waals surface area contributed by atoms with Gasteiger partial charge in [-0.25, -0.2) is 0 Å². The molecule has 0 unspecified atom stereocenters. The van der Waals surface area contributed by atoms with Gasteiger partial charge in [-0.2, -0.15) is 20.5 Å². The summed E-state index contributed by atoms with van der Waals surface area (Å²) >= 11 is 0. The van der Waals surface area contributed by atoms with Gasteiger partial charge in [-0.05, 0) is 55.0 Å². The number of carbonyl (C=O) groups is 1. The van der Waals surface area contributed by atoms with E-state index in [1.165, 1.54) is 48.5 Å². The van der Waals surface area contributed by atoms with Gasteiger partial charge >= 0.3 is 0 Å². The number of Topliss-reactive ketones (excluding diaryl/α,β-unsaturated/α-hetero) is 1. The topological polar surface area (TPSA) is 101 Å². The first-order valence-electron chi connectivity index (χ1n) is 8.65. The molecule has 0 fully saturated rings. The molecule has 0 saturated carbocycles. The Balaban J connectivity index is 1.65. The van der Waals surface area contributed by atoms with E-state index in [0.29, 0.717) is 15.0 Å². The third kappa shape index (κ3) is 3.22. The number of ketones is 1. The number of hydrogen-bond acceptors (Lipinski definition) is 6. The number of anilines is 1. The molecule has 0 spiro atoms. The lowest BCUT2D eigenvalue weighted by molar-refractivity contribution is 0.0992. The van der Waals surface area contributed by atoms with Crippen molar-refractivity contribution in [1.29, 1.82) is 0 Å². The number of hydrogen-bond donors (Lipinski definition) is 0. The maximum atomic E-state index is 12.8. The van der Waals surface area contributed by atoms with Crippen molar-refractivity contribution in [2.24, 2.45) is 0 Å². The zero-order valence-corrected chi connectivity index (χ0v) is 16.9. The Morgan fingerprint density at radius 1 is 0.862 bits per heavy atom. The van der Waals surface area contributed by atoms with E-state index in [9.17, 15) is 21.6 Å². The fraction of sp³-hybridized carbons (Fsp3) is 0.100. The third-order valence-corrected chi connectivity index (χ3v) is 8.98. The van der Waals surface area contributed by atoms with Gasteiger partial charge in [0.2, 0.25) is 0 Å². The fourth-order valence-electron chi connectivity index (χ4n) is 3.10. The third-order valence-electron chi connectivity index (χ3n) is 4.56. The maximum Gasteiger partial charge on any atom is 0.279 e. The predicted molar refractivity (Wildman–Crippen MR) is 107 cm³/mol. The number of benzene rings is 2. The standard InChI is InChI=1S/C20H16N2O5S2/c1-14-6-9-16(21-13-14)12-18(23)15-7-10-17(11-8-15)22-28(24,25)19-4-2-3-5-20(19)29(22,26)27/h2-11,13H,12H2,1H3. The van der Waals surface area contributed by atoms with E-state index in [0.717, 1.165) is 5.56 Å². The second-order valence-corrected chi connectivity index (χ2v) is 10.4. The van der Waals surface area contributed by atoms with Gasteiger partial charge in [0.1, 0.15) is 9.79 Å². The molecule has 0 atom stereocenters. The minimum absolute atomic E-state index is 0.0498. The van der Waals surface area contributed by atoms with E-state index in [-0.39, 0.29) is 27.7 Å². The molecule has 1 aromatic heterocycles. The number of pyridine rings is 1. The maximum absolute atomic E-state index is 12.8. The number of rotatable bonds is 4. The monoisotopic (exact) mass is 428 g/mol. The summed E-state index contributed by atoms with van der Waals surface area (Å²) < 4.78 is 51.4. The molecule has 2 heterocycles. The minimum atomic E-state index is -4.24. The lowest BCUT2D eigenvalue weighted by atomic mass is 10.1. The first kappa shape index (κ1) is 19.3. The normalized spacial score (nSPS) is 16.4. The molecular formula is C20H16N2O5S2. The molecule has 1 aliphatic rings. The van der Waals surface area contributed by atoms with Crippen molar-refractivity contribution >= 4 is 31.5 Å². The Labute approximate surface area is 168 Å². The largest absolute Gasteiger partial charge is 0.294 e. The smallest absolute Gasteiger partial charge is 0.279 e. The van der Waals surface area contributed by atoms with Gasteiger partial charge in [0.25, 0.3) is 20.0 Å².